The number of esters is 1. The van der Waals surface area contributed by atoms with Gasteiger partial charge in [-0.05, 0) is 38.9 Å². The van der Waals surface area contributed by atoms with Gasteiger partial charge in [0, 0.05) is 11.3 Å². The van der Waals surface area contributed by atoms with Gasteiger partial charge < -0.3 is 9.30 Å². The van der Waals surface area contributed by atoms with Gasteiger partial charge in [-0.25, -0.2) is 4.79 Å². The quantitative estimate of drug-likeness (QED) is 0.777. The van der Waals surface area contributed by atoms with Gasteiger partial charge in [0.15, 0.2) is 0 Å². The van der Waals surface area contributed by atoms with E-state index in [4.69, 9.17) is 4.74 Å². The van der Waals surface area contributed by atoms with E-state index in [2.05, 4.69) is 17.1 Å². The van der Waals surface area contributed by atoms with Gasteiger partial charge in [0.05, 0.1) is 6.61 Å². The Labute approximate surface area is 118 Å². The molecule has 0 saturated heterocycles. The second-order valence-corrected chi connectivity index (χ2v) is 6.28. The highest BCUT2D eigenvalue weighted by atomic mass is 32.2. The molecule has 2 atom stereocenters. The fourth-order valence-corrected chi connectivity index (χ4v) is 3.81. The van der Waals surface area contributed by atoms with Gasteiger partial charge in [-0.15, -0.1) is 10.2 Å². The van der Waals surface area contributed by atoms with Crippen molar-refractivity contribution in [3.8, 4) is 0 Å². The van der Waals surface area contributed by atoms with Crippen LogP contribution in [0.15, 0.2) is 0 Å². The average Bonchev–Trinajstić information content (AvgIpc) is 2.96. The van der Waals surface area contributed by atoms with Crippen molar-refractivity contribution in [2.45, 2.75) is 51.3 Å². The summed E-state index contributed by atoms with van der Waals surface area (Å²) in [5, 5.41) is 8.71. The largest absolute Gasteiger partial charge is 0.460 e. The van der Waals surface area contributed by atoms with Crippen LogP contribution in [0.2, 0.25) is 0 Å². The van der Waals surface area contributed by atoms with E-state index in [0.717, 1.165) is 24.4 Å². The van der Waals surface area contributed by atoms with Gasteiger partial charge in [-0.2, -0.15) is 11.8 Å². The fraction of sp³-hybridized carbons (Fsp3) is 0.769. The van der Waals surface area contributed by atoms with Crippen molar-refractivity contribution in [3.05, 3.63) is 11.6 Å². The van der Waals surface area contributed by atoms with E-state index >= 15 is 0 Å². The highest BCUT2D eigenvalue weighted by molar-refractivity contribution is 7.99. The molecule has 1 aliphatic rings. The van der Waals surface area contributed by atoms with E-state index in [1.165, 1.54) is 6.42 Å². The number of ether oxygens (including phenoxy) is 1. The van der Waals surface area contributed by atoms with Crippen molar-refractivity contribution in [2.24, 2.45) is 0 Å². The van der Waals surface area contributed by atoms with E-state index in [1.54, 1.807) is 6.92 Å². The minimum atomic E-state index is -0.366. The first kappa shape index (κ1) is 14.4. The summed E-state index contributed by atoms with van der Waals surface area (Å²) in [5.74, 6) is 1.93. The Morgan fingerprint density at radius 1 is 1.42 bits per heavy atom. The Hall–Kier alpha value is -1.04. The molecule has 19 heavy (non-hydrogen) atoms. The van der Waals surface area contributed by atoms with Crippen LogP contribution in [0.4, 0.5) is 0 Å². The molecular weight excluding hydrogens is 262 g/mol. The maximum absolute atomic E-state index is 11.9. The average molecular weight is 283 g/mol. The minimum Gasteiger partial charge on any atom is -0.460 e. The van der Waals surface area contributed by atoms with E-state index in [9.17, 15) is 4.79 Å². The van der Waals surface area contributed by atoms with Crippen molar-refractivity contribution in [3.63, 3.8) is 0 Å². The van der Waals surface area contributed by atoms with Crippen LogP contribution in [0, 0.1) is 6.92 Å². The van der Waals surface area contributed by atoms with Gasteiger partial charge in [0.2, 0.25) is 5.82 Å². The molecule has 1 fully saturated rings. The standard InChI is InChI=1S/C13H21N3O2S/c1-4-18-13(17)12-15-14-9(3)16(12)10-6-7-11(8-10)19-5-2/h10-11H,4-8H2,1-3H3. The Kier molecular flexibility index (Phi) is 4.85. The second kappa shape index (κ2) is 6.41. The molecule has 2 rings (SSSR count). The lowest BCUT2D eigenvalue weighted by molar-refractivity contribution is 0.0503. The summed E-state index contributed by atoms with van der Waals surface area (Å²) in [6.45, 7) is 6.25. The number of carbonyl (C=O) groups excluding carboxylic acids is 1. The molecular formula is C13H21N3O2S. The predicted octanol–water partition coefficient (Wildman–Crippen LogP) is 2.61. The zero-order chi connectivity index (χ0) is 13.8. The minimum absolute atomic E-state index is 0.332. The molecule has 1 aliphatic carbocycles. The van der Waals surface area contributed by atoms with Crippen molar-refractivity contribution >= 4 is 17.7 Å². The summed E-state index contributed by atoms with van der Waals surface area (Å²) in [6.07, 6.45) is 3.37. The van der Waals surface area contributed by atoms with Crippen molar-refractivity contribution in [1.29, 1.82) is 0 Å². The van der Waals surface area contributed by atoms with E-state index < -0.39 is 0 Å². The smallest absolute Gasteiger partial charge is 0.376 e. The van der Waals surface area contributed by atoms with Crippen LogP contribution in [-0.4, -0.2) is 38.3 Å². The summed E-state index contributed by atoms with van der Waals surface area (Å²) in [6, 6.07) is 0.332. The summed E-state index contributed by atoms with van der Waals surface area (Å²) >= 11 is 2.00. The first-order chi connectivity index (χ1) is 9.17. The summed E-state index contributed by atoms with van der Waals surface area (Å²) < 4.78 is 7.01. The first-order valence-electron chi connectivity index (χ1n) is 6.87. The zero-order valence-electron chi connectivity index (χ0n) is 11.8. The second-order valence-electron chi connectivity index (χ2n) is 4.71. The molecule has 0 spiro atoms. The summed E-state index contributed by atoms with van der Waals surface area (Å²) in [5.41, 5.74) is 0. The maximum Gasteiger partial charge on any atom is 0.376 e. The number of hydrogen-bond donors (Lipinski definition) is 0. The monoisotopic (exact) mass is 283 g/mol. The Balaban J connectivity index is 2.16. The predicted molar refractivity (Wildman–Crippen MR) is 75.5 cm³/mol. The Morgan fingerprint density at radius 2 is 2.21 bits per heavy atom. The highest BCUT2D eigenvalue weighted by Gasteiger charge is 2.30. The van der Waals surface area contributed by atoms with Gasteiger partial charge >= 0.3 is 5.97 Å². The number of hydrogen-bond acceptors (Lipinski definition) is 5. The molecule has 1 aromatic rings. The van der Waals surface area contributed by atoms with Crippen LogP contribution in [0.5, 0.6) is 0 Å². The molecule has 0 aliphatic heterocycles. The third-order valence-electron chi connectivity index (χ3n) is 3.45. The molecule has 2 unspecified atom stereocenters. The number of aromatic nitrogens is 3. The van der Waals surface area contributed by atoms with Crippen LogP contribution in [0.25, 0.3) is 0 Å². The lowest BCUT2D eigenvalue weighted by Crippen LogP contribution is -2.18. The van der Waals surface area contributed by atoms with Crippen LogP contribution in [0.3, 0.4) is 0 Å². The van der Waals surface area contributed by atoms with E-state index in [0.29, 0.717) is 23.7 Å². The summed E-state index contributed by atoms with van der Waals surface area (Å²) in [7, 11) is 0. The molecule has 6 heteroatoms. The molecule has 0 amide bonds. The molecule has 5 nitrogen and oxygen atoms in total. The van der Waals surface area contributed by atoms with Crippen LogP contribution in [0.1, 0.15) is 55.6 Å². The lowest BCUT2D eigenvalue weighted by atomic mass is 10.2. The number of nitrogens with zero attached hydrogens (tertiary/aromatic N) is 3. The van der Waals surface area contributed by atoms with Gasteiger partial charge in [0.25, 0.3) is 0 Å². The molecule has 0 aromatic carbocycles. The number of aryl methyl sites for hydroxylation is 1. The van der Waals surface area contributed by atoms with E-state index in [-0.39, 0.29) is 5.97 Å². The van der Waals surface area contributed by atoms with Crippen molar-refractivity contribution in [1.82, 2.24) is 14.8 Å². The Morgan fingerprint density at radius 3 is 2.89 bits per heavy atom. The molecule has 1 saturated carbocycles. The lowest BCUT2D eigenvalue weighted by Gasteiger charge is -2.15. The van der Waals surface area contributed by atoms with Gasteiger partial charge in [-0.3, -0.25) is 0 Å². The molecule has 106 valence electrons. The van der Waals surface area contributed by atoms with Crippen LogP contribution < -0.4 is 0 Å². The van der Waals surface area contributed by atoms with Gasteiger partial charge in [-0.1, -0.05) is 6.92 Å². The van der Waals surface area contributed by atoms with Crippen molar-refractivity contribution in [2.75, 3.05) is 12.4 Å². The maximum atomic E-state index is 11.9. The topological polar surface area (TPSA) is 57.0 Å². The molecule has 1 aromatic heterocycles. The zero-order valence-corrected chi connectivity index (χ0v) is 12.6. The number of rotatable bonds is 5. The molecule has 0 bridgehead atoms. The fourth-order valence-electron chi connectivity index (χ4n) is 2.68. The molecule has 0 N–H and O–H groups in total. The first-order valence-corrected chi connectivity index (χ1v) is 7.92. The molecule has 0 radical (unpaired) electrons. The van der Waals surface area contributed by atoms with Crippen LogP contribution >= 0.6 is 11.8 Å². The number of thioether (sulfide) groups is 1. The normalized spacial score (nSPS) is 22.7. The van der Waals surface area contributed by atoms with Crippen LogP contribution in [-0.2, 0) is 4.74 Å². The SMILES string of the molecule is CCOC(=O)c1nnc(C)n1C1CCC(SCC)C1. The third-order valence-corrected chi connectivity index (χ3v) is 4.68. The van der Waals surface area contributed by atoms with E-state index in [1.807, 2.05) is 23.3 Å². The van der Waals surface area contributed by atoms with Crippen molar-refractivity contribution < 1.29 is 9.53 Å². The number of carbonyl (C=O) groups is 1. The van der Waals surface area contributed by atoms with Gasteiger partial charge in [0.1, 0.15) is 5.82 Å². The third kappa shape index (κ3) is 3.11. The summed E-state index contributed by atoms with van der Waals surface area (Å²) in [4.78, 5) is 11.9. The molecule has 1 heterocycles. The Bertz CT molecular complexity index is 447. The highest BCUT2D eigenvalue weighted by Crippen LogP contribution is 2.37.